The molecule has 1 unspecified atom stereocenters. The Balaban J connectivity index is 2.33. The monoisotopic (exact) mass is 229 g/mol. The third kappa shape index (κ3) is 4.64. The van der Waals surface area contributed by atoms with Crippen molar-refractivity contribution in [2.24, 2.45) is 0 Å². The summed E-state index contributed by atoms with van der Waals surface area (Å²) in [4.78, 5) is 0. The van der Waals surface area contributed by atoms with E-state index in [1.165, 1.54) is 12.1 Å². The standard InChI is InChI=1S/C11H16FNOS/c1-15-7-6-13-8-11(14)9-2-4-10(12)5-3-9/h2-5,11,13-14H,6-8H2,1H3. The van der Waals surface area contributed by atoms with E-state index in [0.717, 1.165) is 17.9 Å². The molecule has 1 atom stereocenters. The van der Waals surface area contributed by atoms with E-state index >= 15 is 0 Å². The van der Waals surface area contributed by atoms with Crippen LogP contribution in [-0.2, 0) is 0 Å². The smallest absolute Gasteiger partial charge is 0.123 e. The van der Waals surface area contributed by atoms with Gasteiger partial charge in [0.2, 0.25) is 0 Å². The van der Waals surface area contributed by atoms with Crippen molar-refractivity contribution in [3.05, 3.63) is 35.6 Å². The lowest BCUT2D eigenvalue weighted by atomic mass is 10.1. The Hall–Kier alpha value is -0.580. The Bertz CT molecular complexity index is 278. The van der Waals surface area contributed by atoms with Gasteiger partial charge in [0.1, 0.15) is 5.82 Å². The zero-order chi connectivity index (χ0) is 11.1. The third-order valence-electron chi connectivity index (χ3n) is 2.08. The van der Waals surface area contributed by atoms with Crippen LogP contribution in [0.4, 0.5) is 4.39 Å². The minimum absolute atomic E-state index is 0.277. The van der Waals surface area contributed by atoms with Gasteiger partial charge in [-0.1, -0.05) is 12.1 Å². The first-order chi connectivity index (χ1) is 7.24. The maximum Gasteiger partial charge on any atom is 0.123 e. The highest BCUT2D eigenvalue weighted by Gasteiger charge is 2.06. The second-order valence-corrected chi connectivity index (χ2v) is 4.25. The van der Waals surface area contributed by atoms with E-state index in [1.54, 1.807) is 23.9 Å². The molecule has 0 radical (unpaired) electrons. The minimum atomic E-state index is -0.563. The summed E-state index contributed by atoms with van der Waals surface area (Å²) >= 11 is 1.76. The number of halogens is 1. The Kier molecular flexibility index (Phi) is 5.68. The lowest BCUT2D eigenvalue weighted by molar-refractivity contribution is 0.175. The van der Waals surface area contributed by atoms with Gasteiger partial charge >= 0.3 is 0 Å². The zero-order valence-corrected chi connectivity index (χ0v) is 9.56. The molecule has 0 aliphatic heterocycles. The summed E-state index contributed by atoms with van der Waals surface area (Å²) in [6.45, 7) is 1.38. The third-order valence-corrected chi connectivity index (χ3v) is 2.69. The van der Waals surface area contributed by atoms with Crippen LogP contribution in [0.2, 0.25) is 0 Å². The molecule has 2 nitrogen and oxygen atoms in total. The molecule has 0 aliphatic carbocycles. The lowest BCUT2D eigenvalue weighted by Crippen LogP contribution is -2.23. The van der Waals surface area contributed by atoms with Crippen LogP contribution in [-0.4, -0.2) is 30.2 Å². The van der Waals surface area contributed by atoms with Crippen molar-refractivity contribution >= 4 is 11.8 Å². The van der Waals surface area contributed by atoms with Crippen LogP contribution >= 0.6 is 11.8 Å². The molecule has 1 aromatic carbocycles. The largest absolute Gasteiger partial charge is 0.387 e. The Morgan fingerprint density at radius 2 is 2.07 bits per heavy atom. The van der Waals surface area contributed by atoms with Crippen LogP contribution < -0.4 is 5.32 Å². The summed E-state index contributed by atoms with van der Waals surface area (Å²) in [5.41, 5.74) is 0.744. The van der Waals surface area contributed by atoms with Gasteiger partial charge in [0.15, 0.2) is 0 Å². The minimum Gasteiger partial charge on any atom is -0.387 e. The number of nitrogens with one attached hydrogen (secondary N) is 1. The van der Waals surface area contributed by atoms with E-state index in [1.807, 2.05) is 6.26 Å². The zero-order valence-electron chi connectivity index (χ0n) is 8.74. The Morgan fingerprint density at radius 3 is 2.67 bits per heavy atom. The van der Waals surface area contributed by atoms with Crippen molar-refractivity contribution in [1.29, 1.82) is 0 Å². The quantitative estimate of drug-likeness (QED) is 0.730. The Morgan fingerprint density at radius 1 is 1.40 bits per heavy atom. The summed E-state index contributed by atoms with van der Waals surface area (Å²) in [6.07, 6.45) is 1.48. The summed E-state index contributed by atoms with van der Waals surface area (Å²) in [5, 5.41) is 12.9. The highest BCUT2D eigenvalue weighted by molar-refractivity contribution is 7.98. The van der Waals surface area contributed by atoms with Crippen LogP contribution in [0.5, 0.6) is 0 Å². The summed E-state index contributed by atoms with van der Waals surface area (Å²) < 4.78 is 12.6. The van der Waals surface area contributed by atoms with Gasteiger partial charge in [0.25, 0.3) is 0 Å². The number of hydrogen-bond donors (Lipinski definition) is 2. The van der Waals surface area contributed by atoms with Crippen LogP contribution in [0.3, 0.4) is 0 Å². The molecular weight excluding hydrogens is 213 g/mol. The lowest BCUT2D eigenvalue weighted by Gasteiger charge is -2.11. The van der Waals surface area contributed by atoms with Crippen molar-refractivity contribution in [3.8, 4) is 0 Å². The average Bonchev–Trinajstić information content (AvgIpc) is 2.25. The SMILES string of the molecule is CSCCNCC(O)c1ccc(F)cc1. The molecule has 15 heavy (non-hydrogen) atoms. The number of benzene rings is 1. The molecule has 4 heteroatoms. The van der Waals surface area contributed by atoms with Crippen molar-refractivity contribution < 1.29 is 9.50 Å². The van der Waals surface area contributed by atoms with E-state index in [0.29, 0.717) is 6.54 Å². The van der Waals surface area contributed by atoms with Gasteiger partial charge in [-0.15, -0.1) is 0 Å². The number of aliphatic hydroxyl groups excluding tert-OH is 1. The molecular formula is C11H16FNOS. The second kappa shape index (κ2) is 6.82. The molecule has 0 spiro atoms. The highest BCUT2D eigenvalue weighted by atomic mass is 32.2. The molecule has 1 aromatic rings. The van der Waals surface area contributed by atoms with Crippen molar-refractivity contribution in [3.63, 3.8) is 0 Å². The fourth-order valence-corrected chi connectivity index (χ4v) is 1.56. The normalized spacial score (nSPS) is 12.7. The van der Waals surface area contributed by atoms with E-state index < -0.39 is 6.10 Å². The first-order valence-electron chi connectivity index (χ1n) is 4.87. The maximum atomic E-state index is 12.6. The molecule has 84 valence electrons. The van der Waals surface area contributed by atoms with Crippen LogP contribution in [0.15, 0.2) is 24.3 Å². The molecule has 1 rings (SSSR count). The van der Waals surface area contributed by atoms with Gasteiger partial charge in [-0.2, -0.15) is 11.8 Å². The van der Waals surface area contributed by atoms with E-state index in [2.05, 4.69) is 5.32 Å². The number of rotatable bonds is 6. The van der Waals surface area contributed by atoms with Crippen LogP contribution in [0, 0.1) is 5.82 Å². The average molecular weight is 229 g/mol. The predicted molar refractivity (Wildman–Crippen MR) is 62.6 cm³/mol. The molecule has 0 saturated heterocycles. The fourth-order valence-electron chi connectivity index (χ4n) is 1.22. The van der Waals surface area contributed by atoms with E-state index in [-0.39, 0.29) is 5.82 Å². The van der Waals surface area contributed by atoms with Crippen LogP contribution in [0.25, 0.3) is 0 Å². The molecule has 0 aliphatic rings. The molecule has 0 heterocycles. The van der Waals surface area contributed by atoms with Gasteiger partial charge in [-0.25, -0.2) is 4.39 Å². The first kappa shape index (κ1) is 12.5. The second-order valence-electron chi connectivity index (χ2n) is 3.26. The molecule has 0 fully saturated rings. The highest BCUT2D eigenvalue weighted by Crippen LogP contribution is 2.12. The maximum absolute atomic E-state index is 12.6. The van der Waals surface area contributed by atoms with Gasteiger partial charge < -0.3 is 10.4 Å². The van der Waals surface area contributed by atoms with Crippen molar-refractivity contribution in [2.45, 2.75) is 6.10 Å². The van der Waals surface area contributed by atoms with Gasteiger partial charge in [-0.05, 0) is 24.0 Å². The molecule has 2 N–H and O–H groups in total. The first-order valence-corrected chi connectivity index (χ1v) is 6.26. The summed E-state index contributed by atoms with van der Waals surface area (Å²) in [6, 6.07) is 5.94. The Labute approximate surface area is 93.9 Å². The molecule has 0 bridgehead atoms. The van der Waals surface area contributed by atoms with Gasteiger partial charge in [0.05, 0.1) is 6.10 Å². The van der Waals surface area contributed by atoms with Crippen LogP contribution in [0.1, 0.15) is 11.7 Å². The summed E-state index contributed by atoms with van der Waals surface area (Å²) in [5.74, 6) is 0.747. The van der Waals surface area contributed by atoms with Crippen molar-refractivity contribution in [1.82, 2.24) is 5.32 Å². The summed E-state index contributed by atoms with van der Waals surface area (Å²) in [7, 11) is 0. The van der Waals surface area contributed by atoms with E-state index in [9.17, 15) is 9.50 Å². The predicted octanol–water partition coefficient (Wildman–Crippen LogP) is 1.81. The number of aliphatic hydroxyl groups is 1. The number of hydrogen-bond acceptors (Lipinski definition) is 3. The molecule has 0 amide bonds. The van der Waals surface area contributed by atoms with Gasteiger partial charge in [-0.3, -0.25) is 0 Å². The van der Waals surface area contributed by atoms with Gasteiger partial charge in [0, 0.05) is 18.8 Å². The molecule has 0 aromatic heterocycles. The fraction of sp³-hybridized carbons (Fsp3) is 0.455. The topological polar surface area (TPSA) is 32.3 Å². The number of thioether (sulfide) groups is 1. The van der Waals surface area contributed by atoms with Crippen molar-refractivity contribution in [2.75, 3.05) is 25.1 Å². The molecule has 0 saturated carbocycles. The van der Waals surface area contributed by atoms with E-state index in [4.69, 9.17) is 0 Å².